The van der Waals surface area contributed by atoms with Gasteiger partial charge < -0.3 is 4.90 Å². The Balaban J connectivity index is 1.76. The monoisotopic (exact) mass is 311 g/mol. The van der Waals surface area contributed by atoms with Crippen molar-refractivity contribution in [2.45, 2.75) is 52.0 Å². The van der Waals surface area contributed by atoms with Crippen LogP contribution < -0.4 is 0 Å². The summed E-state index contributed by atoms with van der Waals surface area (Å²) in [4.78, 5) is 14.6. The number of aryl methyl sites for hydroxylation is 2. The van der Waals surface area contributed by atoms with Gasteiger partial charge in [0.2, 0.25) is 0 Å². The summed E-state index contributed by atoms with van der Waals surface area (Å²) < 4.78 is 1.91. The zero-order chi connectivity index (χ0) is 16.4. The predicted molar refractivity (Wildman–Crippen MR) is 92.0 cm³/mol. The highest BCUT2D eigenvalue weighted by Crippen LogP contribution is 2.23. The standard InChI is InChI=1S/C19H25N3O/c1-14-13-15(2)22(20-14)18-11-9-16(10-12-18)19(23)21(3)17-7-5-4-6-8-17/h9-13,17H,4-8H2,1-3H3. The number of benzene rings is 1. The van der Waals surface area contributed by atoms with Crippen molar-refractivity contribution in [3.63, 3.8) is 0 Å². The molecule has 4 nitrogen and oxygen atoms in total. The molecule has 1 aromatic heterocycles. The normalized spacial score (nSPS) is 15.6. The summed E-state index contributed by atoms with van der Waals surface area (Å²) in [6, 6.07) is 10.2. The summed E-state index contributed by atoms with van der Waals surface area (Å²) in [7, 11) is 1.94. The Morgan fingerprint density at radius 1 is 1.13 bits per heavy atom. The van der Waals surface area contributed by atoms with E-state index >= 15 is 0 Å². The Bertz CT molecular complexity index is 681. The van der Waals surface area contributed by atoms with Crippen LogP contribution in [-0.4, -0.2) is 33.7 Å². The van der Waals surface area contributed by atoms with Crippen LogP contribution in [0.15, 0.2) is 30.3 Å². The summed E-state index contributed by atoms with van der Waals surface area (Å²) >= 11 is 0. The predicted octanol–water partition coefficient (Wildman–Crippen LogP) is 3.89. The van der Waals surface area contributed by atoms with Crippen molar-refractivity contribution in [2.24, 2.45) is 0 Å². The summed E-state index contributed by atoms with van der Waals surface area (Å²) in [6.45, 7) is 4.02. The molecule has 23 heavy (non-hydrogen) atoms. The average molecular weight is 311 g/mol. The number of aromatic nitrogens is 2. The van der Waals surface area contributed by atoms with Gasteiger partial charge in [-0.25, -0.2) is 4.68 Å². The third-order valence-electron chi connectivity index (χ3n) is 4.81. The van der Waals surface area contributed by atoms with Gasteiger partial charge in [0, 0.05) is 24.3 Å². The minimum atomic E-state index is 0.122. The van der Waals surface area contributed by atoms with Crippen LogP contribution in [0.2, 0.25) is 0 Å². The number of hydrogen-bond donors (Lipinski definition) is 0. The Morgan fingerprint density at radius 3 is 2.35 bits per heavy atom. The first-order valence-corrected chi connectivity index (χ1v) is 8.47. The maximum Gasteiger partial charge on any atom is 0.253 e. The third kappa shape index (κ3) is 3.31. The first-order chi connectivity index (χ1) is 11.1. The fourth-order valence-electron chi connectivity index (χ4n) is 3.47. The molecule has 1 saturated carbocycles. The van der Waals surface area contributed by atoms with E-state index < -0.39 is 0 Å². The van der Waals surface area contributed by atoms with Crippen molar-refractivity contribution >= 4 is 5.91 Å². The van der Waals surface area contributed by atoms with Crippen LogP contribution in [-0.2, 0) is 0 Å². The van der Waals surface area contributed by atoms with Crippen LogP contribution in [0.4, 0.5) is 0 Å². The lowest BCUT2D eigenvalue weighted by atomic mass is 9.94. The van der Waals surface area contributed by atoms with Crippen molar-refractivity contribution < 1.29 is 4.79 Å². The SMILES string of the molecule is Cc1cc(C)n(-c2ccc(C(=O)N(C)C3CCCCC3)cc2)n1. The first-order valence-electron chi connectivity index (χ1n) is 8.47. The molecule has 0 atom stereocenters. The van der Waals surface area contributed by atoms with E-state index in [1.807, 2.05) is 54.7 Å². The van der Waals surface area contributed by atoms with Gasteiger partial charge in [-0.15, -0.1) is 0 Å². The van der Waals surface area contributed by atoms with Crippen LogP contribution in [0.3, 0.4) is 0 Å². The average Bonchev–Trinajstić information content (AvgIpc) is 2.93. The zero-order valence-electron chi connectivity index (χ0n) is 14.2. The highest BCUT2D eigenvalue weighted by molar-refractivity contribution is 5.94. The lowest BCUT2D eigenvalue weighted by Gasteiger charge is -2.31. The maximum absolute atomic E-state index is 12.7. The molecule has 1 fully saturated rings. The van der Waals surface area contributed by atoms with Crippen LogP contribution in [0.1, 0.15) is 53.8 Å². The highest BCUT2D eigenvalue weighted by atomic mass is 16.2. The molecule has 1 aromatic carbocycles. The fraction of sp³-hybridized carbons (Fsp3) is 0.474. The Kier molecular flexibility index (Phi) is 4.51. The highest BCUT2D eigenvalue weighted by Gasteiger charge is 2.22. The van der Waals surface area contributed by atoms with E-state index in [-0.39, 0.29) is 5.91 Å². The van der Waals surface area contributed by atoms with Crippen molar-refractivity contribution in [3.05, 3.63) is 47.3 Å². The second-order valence-electron chi connectivity index (χ2n) is 6.59. The van der Waals surface area contributed by atoms with Crippen molar-refractivity contribution in [2.75, 3.05) is 7.05 Å². The van der Waals surface area contributed by atoms with E-state index in [1.165, 1.54) is 19.3 Å². The number of carbonyl (C=O) groups excluding carboxylic acids is 1. The minimum absolute atomic E-state index is 0.122. The van der Waals surface area contributed by atoms with Gasteiger partial charge in [0.05, 0.1) is 11.4 Å². The molecule has 0 bridgehead atoms. The van der Waals surface area contributed by atoms with Gasteiger partial charge in [-0.05, 0) is 57.0 Å². The maximum atomic E-state index is 12.7. The quantitative estimate of drug-likeness (QED) is 0.862. The second kappa shape index (κ2) is 6.57. The second-order valence-corrected chi connectivity index (χ2v) is 6.59. The summed E-state index contributed by atoms with van der Waals surface area (Å²) in [5, 5.41) is 4.48. The van der Waals surface area contributed by atoms with Gasteiger partial charge in [-0.1, -0.05) is 19.3 Å². The molecule has 2 aromatic rings. The van der Waals surface area contributed by atoms with Gasteiger partial charge in [0.25, 0.3) is 5.91 Å². The molecular weight excluding hydrogens is 286 g/mol. The van der Waals surface area contributed by atoms with E-state index in [4.69, 9.17) is 0 Å². The molecule has 1 aliphatic carbocycles. The summed E-state index contributed by atoms with van der Waals surface area (Å²) in [6.07, 6.45) is 6.03. The molecule has 0 saturated heterocycles. The summed E-state index contributed by atoms with van der Waals surface area (Å²) in [5.74, 6) is 0.122. The molecule has 3 rings (SSSR count). The summed E-state index contributed by atoms with van der Waals surface area (Å²) in [5.41, 5.74) is 3.84. The molecule has 0 aliphatic heterocycles. The molecule has 0 N–H and O–H groups in total. The number of rotatable bonds is 3. The largest absolute Gasteiger partial charge is 0.339 e. The molecule has 0 radical (unpaired) electrons. The zero-order valence-corrected chi connectivity index (χ0v) is 14.2. The van der Waals surface area contributed by atoms with Gasteiger partial charge >= 0.3 is 0 Å². The van der Waals surface area contributed by atoms with E-state index in [0.717, 1.165) is 35.5 Å². The molecule has 122 valence electrons. The van der Waals surface area contributed by atoms with E-state index in [1.54, 1.807) is 0 Å². The molecular formula is C19H25N3O. The number of amides is 1. The van der Waals surface area contributed by atoms with Crippen molar-refractivity contribution in [1.29, 1.82) is 0 Å². The topological polar surface area (TPSA) is 38.1 Å². The lowest BCUT2D eigenvalue weighted by molar-refractivity contribution is 0.0696. The van der Waals surface area contributed by atoms with Crippen LogP contribution in [0.5, 0.6) is 0 Å². The Morgan fingerprint density at radius 2 is 1.78 bits per heavy atom. The molecule has 0 spiro atoms. The minimum Gasteiger partial charge on any atom is -0.339 e. The van der Waals surface area contributed by atoms with Gasteiger partial charge in [0.15, 0.2) is 0 Å². The number of hydrogen-bond acceptors (Lipinski definition) is 2. The molecule has 0 unspecified atom stereocenters. The first kappa shape index (κ1) is 15.8. The van der Waals surface area contributed by atoms with Gasteiger partial charge in [-0.2, -0.15) is 5.10 Å². The van der Waals surface area contributed by atoms with Gasteiger partial charge in [-0.3, -0.25) is 4.79 Å². The molecule has 4 heteroatoms. The fourth-order valence-corrected chi connectivity index (χ4v) is 3.47. The Labute approximate surface area is 138 Å². The number of nitrogens with zero attached hydrogens (tertiary/aromatic N) is 3. The van der Waals surface area contributed by atoms with E-state index in [9.17, 15) is 4.79 Å². The molecule has 1 heterocycles. The van der Waals surface area contributed by atoms with Crippen molar-refractivity contribution in [3.8, 4) is 5.69 Å². The lowest BCUT2D eigenvalue weighted by Crippen LogP contribution is -2.38. The van der Waals surface area contributed by atoms with E-state index in [2.05, 4.69) is 11.2 Å². The number of carbonyl (C=O) groups is 1. The molecule has 1 amide bonds. The van der Waals surface area contributed by atoms with Crippen LogP contribution >= 0.6 is 0 Å². The van der Waals surface area contributed by atoms with Crippen molar-refractivity contribution in [1.82, 2.24) is 14.7 Å². The van der Waals surface area contributed by atoms with Gasteiger partial charge in [0.1, 0.15) is 0 Å². The molecule has 1 aliphatic rings. The van der Waals surface area contributed by atoms with Crippen LogP contribution in [0, 0.1) is 13.8 Å². The smallest absolute Gasteiger partial charge is 0.253 e. The Hall–Kier alpha value is -2.10. The third-order valence-corrected chi connectivity index (χ3v) is 4.81. The van der Waals surface area contributed by atoms with Crippen LogP contribution in [0.25, 0.3) is 5.69 Å². The van der Waals surface area contributed by atoms with E-state index in [0.29, 0.717) is 6.04 Å².